The van der Waals surface area contributed by atoms with Crippen molar-refractivity contribution in [1.82, 2.24) is 15.5 Å². The Morgan fingerprint density at radius 1 is 1.24 bits per heavy atom. The van der Waals surface area contributed by atoms with Crippen molar-refractivity contribution < 1.29 is 4.79 Å². The van der Waals surface area contributed by atoms with E-state index in [4.69, 9.17) is 5.73 Å². The molecule has 0 spiro atoms. The Bertz CT molecular complexity index is 595. The number of hydrogen-bond donors (Lipinski definition) is 3. The number of nitrogens with one attached hydrogen (secondary N) is 2. The molecule has 6 nitrogen and oxygen atoms in total. The Kier molecular flexibility index (Phi) is 5.91. The molecule has 2 unspecified atom stereocenters. The van der Waals surface area contributed by atoms with Crippen molar-refractivity contribution in [3.8, 4) is 0 Å². The molecule has 6 heteroatoms. The van der Waals surface area contributed by atoms with Crippen molar-refractivity contribution in [1.29, 1.82) is 0 Å². The summed E-state index contributed by atoms with van der Waals surface area (Å²) in [6.07, 6.45) is 3.17. The van der Waals surface area contributed by atoms with Crippen LogP contribution in [0.2, 0.25) is 0 Å². The van der Waals surface area contributed by atoms with Crippen molar-refractivity contribution in [2.24, 2.45) is 10.7 Å². The molecule has 4 N–H and O–H groups in total. The molecule has 2 fully saturated rings. The Balaban J connectivity index is 1.47. The fraction of sp³-hybridized carbons (Fsp3) is 0.579. The number of carbonyl (C=O) groups is 1. The molecule has 1 amide bonds. The van der Waals surface area contributed by atoms with E-state index in [1.54, 1.807) is 0 Å². The van der Waals surface area contributed by atoms with E-state index in [1.165, 1.54) is 5.56 Å². The number of rotatable bonds is 6. The summed E-state index contributed by atoms with van der Waals surface area (Å²) in [5.74, 6) is 1.25. The largest absolute Gasteiger partial charge is 0.369 e. The molecular weight excluding hydrogens is 314 g/mol. The first kappa shape index (κ1) is 17.7. The minimum atomic E-state index is -0.248. The van der Waals surface area contributed by atoms with Crippen LogP contribution in [0.4, 0.5) is 0 Å². The van der Waals surface area contributed by atoms with E-state index < -0.39 is 0 Å². The SMILES string of the molecule is CCN=C(NC1CCN(CC(N)=O)CC1)NC1CC1c1ccccc1. The molecule has 136 valence electrons. The number of carbonyl (C=O) groups excluding carboxylic acids is 1. The summed E-state index contributed by atoms with van der Waals surface area (Å²) in [6, 6.07) is 11.5. The zero-order chi connectivity index (χ0) is 17.6. The number of amides is 1. The highest BCUT2D eigenvalue weighted by Crippen LogP contribution is 2.40. The van der Waals surface area contributed by atoms with Crippen LogP contribution in [0, 0.1) is 0 Å². The number of benzene rings is 1. The fourth-order valence-corrected chi connectivity index (χ4v) is 3.54. The zero-order valence-electron chi connectivity index (χ0n) is 14.9. The van der Waals surface area contributed by atoms with Crippen LogP contribution in [-0.2, 0) is 4.79 Å². The van der Waals surface area contributed by atoms with E-state index >= 15 is 0 Å². The molecule has 1 heterocycles. The van der Waals surface area contributed by atoms with Crippen LogP contribution in [0.25, 0.3) is 0 Å². The van der Waals surface area contributed by atoms with Crippen molar-refractivity contribution in [3.05, 3.63) is 35.9 Å². The molecule has 1 saturated carbocycles. The summed E-state index contributed by atoms with van der Waals surface area (Å²) in [4.78, 5) is 17.7. The molecule has 0 aromatic heterocycles. The number of piperidine rings is 1. The fourth-order valence-electron chi connectivity index (χ4n) is 3.54. The number of nitrogens with two attached hydrogens (primary N) is 1. The summed E-state index contributed by atoms with van der Waals surface area (Å²) >= 11 is 0. The van der Waals surface area contributed by atoms with E-state index in [0.717, 1.165) is 44.9 Å². The topological polar surface area (TPSA) is 82.8 Å². The average Bonchev–Trinajstić information content (AvgIpc) is 3.36. The molecule has 1 aromatic carbocycles. The third-order valence-corrected chi connectivity index (χ3v) is 4.96. The van der Waals surface area contributed by atoms with Gasteiger partial charge in [0, 0.05) is 37.6 Å². The van der Waals surface area contributed by atoms with Gasteiger partial charge in [0.2, 0.25) is 5.91 Å². The normalized spacial score (nSPS) is 24.8. The van der Waals surface area contributed by atoms with Crippen molar-refractivity contribution in [2.75, 3.05) is 26.2 Å². The van der Waals surface area contributed by atoms with Gasteiger partial charge in [-0.05, 0) is 31.7 Å². The van der Waals surface area contributed by atoms with E-state index in [1.807, 2.05) is 0 Å². The summed E-state index contributed by atoms with van der Waals surface area (Å²) in [7, 11) is 0. The molecule has 1 aliphatic heterocycles. The standard InChI is InChI=1S/C19H29N5O/c1-2-21-19(22-15-8-10-24(11-9-15)13-18(20)25)23-17-12-16(17)14-6-4-3-5-7-14/h3-7,15-17H,2,8-13H2,1H3,(H2,20,25)(H2,21,22,23). The van der Waals surface area contributed by atoms with Crippen LogP contribution in [0.15, 0.2) is 35.3 Å². The van der Waals surface area contributed by atoms with Crippen LogP contribution in [0.1, 0.15) is 37.7 Å². The van der Waals surface area contributed by atoms with Crippen molar-refractivity contribution in [3.63, 3.8) is 0 Å². The summed E-state index contributed by atoms with van der Waals surface area (Å²) in [5.41, 5.74) is 6.67. The summed E-state index contributed by atoms with van der Waals surface area (Å²) in [5, 5.41) is 7.15. The number of primary amides is 1. The second-order valence-electron chi connectivity index (χ2n) is 6.99. The third kappa shape index (κ3) is 5.19. The van der Waals surface area contributed by atoms with Crippen LogP contribution < -0.4 is 16.4 Å². The molecule has 1 aromatic rings. The van der Waals surface area contributed by atoms with Crippen molar-refractivity contribution in [2.45, 2.75) is 44.2 Å². The molecular formula is C19H29N5O. The maximum atomic E-state index is 11.0. The molecule has 2 atom stereocenters. The van der Waals surface area contributed by atoms with Gasteiger partial charge < -0.3 is 16.4 Å². The van der Waals surface area contributed by atoms with Crippen LogP contribution in [-0.4, -0.2) is 55.0 Å². The maximum absolute atomic E-state index is 11.0. The van der Waals surface area contributed by atoms with Gasteiger partial charge in [-0.3, -0.25) is 14.7 Å². The lowest BCUT2D eigenvalue weighted by atomic mass is 10.1. The highest BCUT2D eigenvalue weighted by Gasteiger charge is 2.39. The van der Waals surface area contributed by atoms with Gasteiger partial charge in [-0.25, -0.2) is 0 Å². The monoisotopic (exact) mass is 343 g/mol. The number of likely N-dealkylation sites (tertiary alicyclic amines) is 1. The van der Waals surface area contributed by atoms with Gasteiger partial charge in [-0.2, -0.15) is 0 Å². The minimum Gasteiger partial charge on any atom is -0.369 e. The smallest absolute Gasteiger partial charge is 0.231 e. The molecule has 0 radical (unpaired) electrons. The second kappa shape index (κ2) is 8.34. The van der Waals surface area contributed by atoms with Gasteiger partial charge >= 0.3 is 0 Å². The lowest BCUT2D eigenvalue weighted by Gasteiger charge is -2.32. The first-order valence-electron chi connectivity index (χ1n) is 9.29. The summed E-state index contributed by atoms with van der Waals surface area (Å²) < 4.78 is 0. The molecule has 2 aliphatic rings. The van der Waals surface area contributed by atoms with Crippen LogP contribution in [0.3, 0.4) is 0 Å². The number of guanidine groups is 1. The summed E-state index contributed by atoms with van der Waals surface area (Å²) in [6.45, 7) is 4.98. The maximum Gasteiger partial charge on any atom is 0.231 e. The molecule has 25 heavy (non-hydrogen) atoms. The van der Waals surface area contributed by atoms with Gasteiger partial charge in [0.25, 0.3) is 0 Å². The average molecular weight is 343 g/mol. The lowest BCUT2D eigenvalue weighted by Crippen LogP contribution is -2.50. The van der Waals surface area contributed by atoms with Crippen LogP contribution in [0.5, 0.6) is 0 Å². The highest BCUT2D eigenvalue weighted by atomic mass is 16.1. The van der Waals surface area contributed by atoms with Gasteiger partial charge in [-0.1, -0.05) is 30.3 Å². The first-order chi connectivity index (χ1) is 12.2. The first-order valence-corrected chi connectivity index (χ1v) is 9.29. The number of nitrogens with zero attached hydrogens (tertiary/aromatic N) is 2. The Morgan fingerprint density at radius 3 is 2.60 bits per heavy atom. The van der Waals surface area contributed by atoms with Gasteiger partial charge in [-0.15, -0.1) is 0 Å². The molecule has 3 rings (SSSR count). The Hall–Kier alpha value is -2.08. The minimum absolute atomic E-state index is 0.248. The van der Waals surface area contributed by atoms with Gasteiger partial charge in [0.15, 0.2) is 5.96 Å². The quantitative estimate of drug-likeness (QED) is 0.532. The third-order valence-electron chi connectivity index (χ3n) is 4.96. The predicted octanol–water partition coefficient (Wildman–Crippen LogP) is 1.05. The van der Waals surface area contributed by atoms with Gasteiger partial charge in [0.1, 0.15) is 0 Å². The van der Waals surface area contributed by atoms with E-state index in [-0.39, 0.29) is 5.91 Å². The highest BCUT2D eigenvalue weighted by molar-refractivity contribution is 5.81. The lowest BCUT2D eigenvalue weighted by molar-refractivity contribution is -0.119. The van der Waals surface area contributed by atoms with Crippen molar-refractivity contribution >= 4 is 11.9 Å². The Labute approximate surface area is 149 Å². The number of hydrogen-bond acceptors (Lipinski definition) is 3. The van der Waals surface area contributed by atoms with Crippen LogP contribution >= 0.6 is 0 Å². The molecule has 0 bridgehead atoms. The molecule has 1 saturated heterocycles. The number of aliphatic imine (C=N–C) groups is 1. The van der Waals surface area contributed by atoms with E-state index in [9.17, 15) is 4.79 Å². The zero-order valence-corrected chi connectivity index (χ0v) is 14.9. The van der Waals surface area contributed by atoms with E-state index in [0.29, 0.717) is 24.5 Å². The molecule has 1 aliphatic carbocycles. The Morgan fingerprint density at radius 2 is 1.96 bits per heavy atom. The van der Waals surface area contributed by atoms with E-state index in [2.05, 4.69) is 57.8 Å². The predicted molar refractivity (Wildman–Crippen MR) is 100 cm³/mol. The van der Waals surface area contributed by atoms with Gasteiger partial charge in [0.05, 0.1) is 6.54 Å². The second-order valence-corrected chi connectivity index (χ2v) is 6.99.